The SMILES string of the molecule is CCc1c(N2CCN(C(=O)c3ncccc3OC)CC2)c(=O)n2nc(C3=CCC(OC)CC3)nc2n1CC(=O)Nc1ccc(C(F)(F)F)cc1. The first-order chi connectivity index (χ1) is 24.0. The molecular weight excluding hydrogens is 657 g/mol. The van der Waals surface area contributed by atoms with Crippen molar-refractivity contribution >= 4 is 34.5 Å². The zero-order chi connectivity index (χ0) is 35.6. The third-order valence-electron chi connectivity index (χ3n) is 9.02. The molecule has 4 heterocycles. The number of piperazine rings is 1. The lowest BCUT2D eigenvalue weighted by Crippen LogP contribution is -2.51. The molecule has 50 heavy (non-hydrogen) atoms. The molecule has 1 aliphatic heterocycles. The molecular formula is C34H37F3N8O5. The Kier molecular flexibility index (Phi) is 9.90. The number of carbonyl (C=O) groups excluding carboxylic acids is 2. The molecule has 1 unspecified atom stereocenters. The minimum Gasteiger partial charge on any atom is -0.494 e. The number of methoxy groups -OCH3 is 2. The maximum Gasteiger partial charge on any atom is 0.416 e. The summed E-state index contributed by atoms with van der Waals surface area (Å²) in [5.41, 5.74) is 0.869. The highest BCUT2D eigenvalue weighted by atomic mass is 19.4. The van der Waals surface area contributed by atoms with E-state index in [2.05, 4.69) is 15.4 Å². The monoisotopic (exact) mass is 694 g/mol. The Bertz CT molecular complexity index is 1980. The molecule has 0 radical (unpaired) electrons. The van der Waals surface area contributed by atoms with E-state index in [9.17, 15) is 27.6 Å². The van der Waals surface area contributed by atoms with Crippen molar-refractivity contribution < 1.29 is 32.2 Å². The number of alkyl halides is 3. The lowest BCUT2D eigenvalue weighted by molar-refractivity contribution is -0.137. The van der Waals surface area contributed by atoms with Gasteiger partial charge in [-0.05, 0) is 67.7 Å². The van der Waals surface area contributed by atoms with Gasteiger partial charge in [-0.1, -0.05) is 13.0 Å². The Morgan fingerprint density at radius 3 is 2.42 bits per heavy atom. The average Bonchev–Trinajstić information content (AvgIpc) is 3.58. The summed E-state index contributed by atoms with van der Waals surface area (Å²) in [6.07, 6.45) is 1.50. The summed E-state index contributed by atoms with van der Waals surface area (Å²) in [6.45, 7) is 2.79. The van der Waals surface area contributed by atoms with Crippen molar-refractivity contribution in [2.45, 2.75) is 51.4 Å². The molecule has 1 N–H and O–H groups in total. The number of benzene rings is 1. The molecule has 0 spiro atoms. The summed E-state index contributed by atoms with van der Waals surface area (Å²) in [4.78, 5) is 53.5. The van der Waals surface area contributed by atoms with Crippen molar-refractivity contribution in [2.75, 3.05) is 50.6 Å². The van der Waals surface area contributed by atoms with Crippen LogP contribution in [0.5, 0.6) is 5.75 Å². The van der Waals surface area contributed by atoms with E-state index in [0.29, 0.717) is 68.4 Å². The topological polar surface area (TPSA) is 136 Å². The molecule has 1 aromatic carbocycles. The number of nitrogens with one attached hydrogen (secondary N) is 1. The van der Waals surface area contributed by atoms with Crippen LogP contribution in [0.15, 0.2) is 53.5 Å². The van der Waals surface area contributed by atoms with Crippen LogP contribution in [-0.2, 0) is 28.7 Å². The van der Waals surface area contributed by atoms with E-state index in [-0.39, 0.29) is 35.7 Å². The molecule has 16 heteroatoms. The Labute approximate surface area is 285 Å². The van der Waals surface area contributed by atoms with Gasteiger partial charge in [0.25, 0.3) is 11.5 Å². The highest BCUT2D eigenvalue weighted by Crippen LogP contribution is 2.31. The zero-order valence-electron chi connectivity index (χ0n) is 27.9. The van der Waals surface area contributed by atoms with E-state index in [1.807, 2.05) is 17.9 Å². The van der Waals surface area contributed by atoms with E-state index >= 15 is 0 Å². The van der Waals surface area contributed by atoms with Gasteiger partial charge in [-0.2, -0.15) is 22.7 Å². The fourth-order valence-corrected chi connectivity index (χ4v) is 6.38. The summed E-state index contributed by atoms with van der Waals surface area (Å²) in [7, 11) is 3.13. The van der Waals surface area contributed by atoms with E-state index in [0.717, 1.165) is 24.1 Å². The number of nitrogens with zero attached hydrogens (tertiary/aromatic N) is 7. The number of carbonyl (C=O) groups is 2. The molecule has 2 aliphatic rings. The van der Waals surface area contributed by atoms with Crippen molar-refractivity contribution in [1.29, 1.82) is 0 Å². The molecule has 1 aliphatic carbocycles. The third kappa shape index (κ3) is 6.92. The number of hydrogen-bond donors (Lipinski definition) is 1. The first kappa shape index (κ1) is 34.6. The maximum atomic E-state index is 14.2. The normalized spacial score (nSPS) is 16.8. The molecule has 13 nitrogen and oxygen atoms in total. The van der Waals surface area contributed by atoms with Gasteiger partial charge < -0.3 is 29.2 Å². The van der Waals surface area contributed by atoms with Gasteiger partial charge in [0.1, 0.15) is 18.0 Å². The summed E-state index contributed by atoms with van der Waals surface area (Å²) < 4.78 is 52.9. The number of aromatic nitrogens is 5. The van der Waals surface area contributed by atoms with Crippen LogP contribution in [0, 0.1) is 0 Å². The smallest absolute Gasteiger partial charge is 0.416 e. The van der Waals surface area contributed by atoms with Gasteiger partial charge in [0.2, 0.25) is 11.7 Å². The Balaban J connectivity index is 1.34. The standard InChI is InChI=1S/C34H37F3N8O5/c1-4-25-29(42-16-18-43(19-17-42)31(47)28-26(50-3)6-5-15-38-28)32(48)45-33(40-30(41-45)21-7-13-24(49-2)14-8-21)44(25)20-27(46)39-23-11-9-22(10-12-23)34(35,36)37/h5-7,9-12,15,24H,4,8,13-14,16-20H2,1-3H3,(H,39,46). The lowest BCUT2D eigenvalue weighted by atomic mass is 9.97. The van der Waals surface area contributed by atoms with E-state index < -0.39 is 23.2 Å². The number of pyridine rings is 1. The van der Waals surface area contributed by atoms with Crippen LogP contribution in [0.4, 0.5) is 24.5 Å². The van der Waals surface area contributed by atoms with Gasteiger partial charge in [0.05, 0.1) is 24.5 Å². The molecule has 0 bridgehead atoms. The largest absolute Gasteiger partial charge is 0.494 e. The minimum absolute atomic E-state index is 0.0762. The summed E-state index contributed by atoms with van der Waals surface area (Å²) in [6, 6.07) is 7.52. The number of fused-ring (bicyclic) bond motifs is 1. The second-order valence-electron chi connectivity index (χ2n) is 12.0. The third-order valence-corrected chi connectivity index (χ3v) is 9.02. The number of ether oxygens (including phenoxy) is 2. The van der Waals surface area contributed by atoms with Crippen molar-refractivity contribution in [3.8, 4) is 5.75 Å². The van der Waals surface area contributed by atoms with Crippen molar-refractivity contribution in [3.63, 3.8) is 0 Å². The number of allylic oxidation sites excluding steroid dienone is 1. The molecule has 6 rings (SSSR count). The Morgan fingerprint density at radius 2 is 1.80 bits per heavy atom. The lowest BCUT2D eigenvalue weighted by Gasteiger charge is -2.36. The van der Waals surface area contributed by atoms with Crippen LogP contribution in [-0.4, -0.2) is 87.4 Å². The number of amides is 2. The number of rotatable bonds is 9. The molecule has 1 saturated heterocycles. The Morgan fingerprint density at radius 1 is 1.06 bits per heavy atom. The highest BCUT2D eigenvalue weighted by Gasteiger charge is 2.32. The van der Waals surface area contributed by atoms with Gasteiger partial charge in [-0.3, -0.25) is 14.4 Å². The predicted molar refractivity (Wildman–Crippen MR) is 178 cm³/mol. The summed E-state index contributed by atoms with van der Waals surface area (Å²) >= 11 is 0. The molecule has 264 valence electrons. The maximum absolute atomic E-state index is 14.2. The zero-order valence-corrected chi connectivity index (χ0v) is 27.9. The molecule has 4 aromatic rings. The van der Waals surface area contributed by atoms with Crippen molar-refractivity contribution in [1.82, 2.24) is 29.0 Å². The fourth-order valence-electron chi connectivity index (χ4n) is 6.38. The van der Waals surface area contributed by atoms with Gasteiger partial charge in [0, 0.05) is 45.2 Å². The second-order valence-corrected chi connectivity index (χ2v) is 12.0. The van der Waals surface area contributed by atoms with Crippen molar-refractivity contribution in [3.05, 3.63) is 81.8 Å². The summed E-state index contributed by atoms with van der Waals surface area (Å²) in [5.74, 6) is 0.0819. The van der Waals surface area contributed by atoms with Gasteiger partial charge in [-0.15, -0.1) is 5.10 Å². The van der Waals surface area contributed by atoms with Crippen LogP contribution in [0.1, 0.15) is 53.8 Å². The number of hydrogen-bond acceptors (Lipinski definition) is 9. The van der Waals surface area contributed by atoms with E-state index in [1.165, 1.54) is 30.0 Å². The molecule has 1 atom stereocenters. The van der Waals surface area contributed by atoms with Crippen LogP contribution in [0.2, 0.25) is 0 Å². The quantitative estimate of drug-likeness (QED) is 0.275. The van der Waals surface area contributed by atoms with Crippen LogP contribution < -0.4 is 20.5 Å². The molecule has 2 amide bonds. The Hall–Kier alpha value is -5.25. The first-order valence-electron chi connectivity index (χ1n) is 16.3. The van der Waals surface area contributed by atoms with Crippen LogP contribution in [0.3, 0.4) is 0 Å². The number of halogens is 3. The fraction of sp³-hybridized carbons (Fsp3) is 0.412. The van der Waals surface area contributed by atoms with E-state index in [4.69, 9.17) is 14.5 Å². The van der Waals surface area contributed by atoms with Gasteiger partial charge in [-0.25, -0.2) is 4.98 Å². The van der Waals surface area contributed by atoms with Crippen LogP contribution >= 0.6 is 0 Å². The van der Waals surface area contributed by atoms with Gasteiger partial charge >= 0.3 is 6.18 Å². The van der Waals surface area contributed by atoms with Crippen molar-refractivity contribution in [2.24, 2.45) is 0 Å². The summed E-state index contributed by atoms with van der Waals surface area (Å²) in [5, 5.41) is 7.28. The van der Waals surface area contributed by atoms with Gasteiger partial charge in [0.15, 0.2) is 11.5 Å². The first-order valence-corrected chi connectivity index (χ1v) is 16.3. The highest BCUT2D eigenvalue weighted by molar-refractivity contribution is 5.95. The molecule has 1 fully saturated rings. The molecule has 3 aromatic heterocycles. The predicted octanol–water partition coefficient (Wildman–Crippen LogP) is 4.06. The van der Waals surface area contributed by atoms with E-state index in [1.54, 1.807) is 28.7 Å². The van der Waals surface area contributed by atoms with Crippen LogP contribution in [0.25, 0.3) is 11.4 Å². The molecule has 0 saturated carbocycles. The minimum atomic E-state index is -4.51. The average molecular weight is 695 g/mol. The second kappa shape index (κ2) is 14.3. The number of anilines is 2.